The zero-order valence-corrected chi connectivity index (χ0v) is 14.9. The van der Waals surface area contributed by atoms with Crippen molar-refractivity contribution in [1.82, 2.24) is 0 Å². The number of nitrogens with two attached hydrogens (primary N) is 1. The molecule has 2 atom stereocenters. The van der Waals surface area contributed by atoms with Gasteiger partial charge in [0.05, 0.1) is 12.3 Å². The third kappa shape index (κ3) is 3.08. The number of carboxylic acids is 1. The van der Waals surface area contributed by atoms with Gasteiger partial charge in [-0.1, -0.05) is 48.5 Å². The lowest BCUT2D eigenvalue weighted by atomic mass is 9.97. The van der Waals surface area contributed by atoms with Crippen LogP contribution in [0.2, 0.25) is 0 Å². The number of carboxylic acid groups (broad SMARTS) is 1. The Morgan fingerprint density at radius 3 is 2.14 bits per heavy atom. The number of aliphatic carboxylic acids is 1. The minimum Gasteiger partial charge on any atom is -0.481 e. The molecule has 6 nitrogen and oxygen atoms in total. The van der Waals surface area contributed by atoms with Crippen molar-refractivity contribution in [2.45, 2.75) is 12.0 Å². The van der Waals surface area contributed by atoms with Gasteiger partial charge in [0.1, 0.15) is 12.4 Å². The molecule has 0 amide bonds. The smallest absolute Gasteiger partial charge is 0.322 e. The van der Waals surface area contributed by atoms with Crippen molar-refractivity contribution in [3.05, 3.63) is 83.8 Å². The highest BCUT2D eigenvalue weighted by molar-refractivity contribution is 5.95. The fraction of sp³-hybridized carbons (Fsp3) is 0.182. The van der Waals surface area contributed by atoms with Gasteiger partial charge < -0.3 is 20.0 Å². The first kappa shape index (κ1) is 18.0. The van der Waals surface area contributed by atoms with Crippen LogP contribution in [-0.2, 0) is 14.3 Å². The molecule has 3 aromatic rings. The zero-order valence-electron chi connectivity index (χ0n) is 14.9. The van der Waals surface area contributed by atoms with Gasteiger partial charge in [0.25, 0.3) is 0 Å². The first-order chi connectivity index (χ1) is 13.6. The molecular weight excluding hydrogens is 358 g/mol. The molecule has 28 heavy (non-hydrogen) atoms. The van der Waals surface area contributed by atoms with Crippen LogP contribution < -0.4 is 5.73 Å². The summed E-state index contributed by atoms with van der Waals surface area (Å²) in [7, 11) is 0. The fourth-order valence-corrected chi connectivity index (χ4v) is 3.74. The van der Waals surface area contributed by atoms with Crippen LogP contribution in [0.25, 0.3) is 11.1 Å². The predicted molar refractivity (Wildman–Crippen MR) is 101 cm³/mol. The number of furan rings is 1. The molecule has 0 saturated heterocycles. The van der Waals surface area contributed by atoms with Gasteiger partial charge >= 0.3 is 11.9 Å². The molecule has 0 bridgehead atoms. The van der Waals surface area contributed by atoms with Gasteiger partial charge in [-0.05, 0) is 34.4 Å². The Kier molecular flexibility index (Phi) is 4.71. The first-order valence-electron chi connectivity index (χ1n) is 8.94. The Bertz CT molecular complexity index is 966. The quantitative estimate of drug-likeness (QED) is 0.504. The monoisotopic (exact) mass is 377 g/mol. The normalized spacial score (nSPS) is 14.8. The highest BCUT2D eigenvalue weighted by Gasteiger charge is 2.38. The predicted octanol–water partition coefficient (Wildman–Crippen LogP) is 3.34. The second kappa shape index (κ2) is 7.32. The second-order valence-corrected chi connectivity index (χ2v) is 6.71. The maximum atomic E-state index is 12.6. The van der Waals surface area contributed by atoms with Crippen LogP contribution in [0.5, 0.6) is 0 Å². The lowest BCUT2D eigenvalue weighted by Gasteiger charge is -2.19. The van der Waals surface area contributed by atoms with Gasteiger partial charge in [-0.15, -0.1) is 0 Å². The summed E-state index contributed by atoms with van der Waals surface area (Å²) < 4.78 is 10.6. The molecule has 1 unspecified atom stereocenters. The molecule has 6 heteroatoms. The van der Waals surface area contributed by atoms with E-state index in [0.717, 1.165) is 22.3 Å². The number of fused-ring (bicyclic) bond motifs is 3. The minimum atomic E-state index is -1.54. The Morgan fingerprint density at radius 1 is 1.00 bits per heavy atom. The molecule has 0 radical (unpaired) electrons. The van der Waals surface area contributed by atoms with Crippen molar-refractivity contribution >= 4 is 11.9 Å². The van der Waals surface area contributed by atoms with Crippen LogP contribution in [0.1, 0.15) is 28.8 Å². The molecular formula is C22H19NO5. The molecule has 1 aliphatic rings. The van der Waals surface area contributed by atoms with Gasteiger partial charge in [-0.2, -0.15) is 0 Å². The summed E-state index contributed by atoms with van der Waals surface area (Å²) in [5, 5.41) is 9.50. The largest absolute Gasteiger partial charge is 0.481 e. The lowest BCUT2D eigenvalue weighted by molar-refractivity contribution is -0.160. The molecule has 0 aliphatic heterocycles. The van der Waals surface area contributed by atoms with E-state index in [1.165, 1.54) is 12.3 Å². The Balaban J connectivity index is 1.55. The van der Waals surface area contributed by atoms with Crippen LogP contribution in [0, 0.1) is 5.92 Å². The van der Waals surface area contributed by atoms with Gasteiger partial charge in [0.15, 0.2) is 5.92 Å². The number of rotatable bonds is 6. The number of carbonyl (C=O) groups excluding carboxylic acids is 1. The van der Waals surface area contributed by atoms with Gasteiger partial charge in [0, 0.05) is 5.92 Å². The van der Waals surface area contributed by atoms with Crippen LogP contribution in [-0.4, -0.2) is 23.7 Å². The summed E-state index contributed by atoms with van der Waals surface area (Å²) in [4.78, 5) is 24.2. The van der Waals surface area contributed by atoms with Crippen molar-refractivity contribution in [2.24, 2.45) is 11.7 Å². The van der Waals surface area contributed by atoms with E-state index in [0.29, 0.717) is 0 Å². The first-order valence-corrected chi connectivity index (χ1v) is 8.94. The van der Waals surface area contributed by atoms with Crippen molar-refractivity contribution in [2.75, 3.05) is 6.61 Å². The summed E-state index contributed by atoms with van der Waals surface area (Å²) in [6.45, 7) is 0.0432. The fourth-order valence-electron chi connectivity index (χ4n) is 3.74. The molecule has 1 aliphatic carbocycles. The molecule has 0 fully saturated rings. The molecule has 142 valence electrons. The van der Waals surface area contributed by atoms with Crippen LogP contribution >= 0.6 is 0 Å². The Hall–Kier alpha value is -3.38. The van der Waals surface area contributed by atoms with E-state index in [4.69, 9.17) is 14.9 Å². The average molecular weight is 377 g/mol. The molecule has 2 aromatic carbocycles. The summed E-state index contributed by atoms with van der Waals surface area (Å²) in [5.41, 5.74) is 10.3. The second-order valence-electron chi connectivity index (χ2n) is 6.71. The average Bonchev–Trinajstić information content (AvgIpc) is 3.33. The van der Waals surface area contributed by atoms with Crippen LogP contribution in [0.3, 0.4) is 0 Å². The highest BCUT2D eigenvalue weighted by Crippen LogP contribution is 2.44. The van der Waals surface area contributed by atoms with Gasteiger partial charge in [0.2, 0.25) is 0 Å². The van der Waals surface area contributed by atoms with E-state index >= 15 is 0 Å². The molecule has 0 spiro atoms. The van der Waals surface area contributed by atoms with E-state index in [9.17, 15) is 14.7 Å². The topological polar surface area (TPSA) is 103 Å². The number of ether oxygens (including phenoxy) is 1. The number of hydrogen-bond donors (Lipinski definition) is 2. The molecule has 4 rings (SSSR count). The molecule has 0 saturated carbocycles. The van der Waals surface area contributed by atoms with Crippen molar-refractivity contribution in [3.8, 4) is 11.1 Å². The lowest BCUT2D eigenvalue weighted by Crippen LogP contribution is -2.36. The van der Waals surface area contributed by atoms with Crippen molar-refractivity contribution in [3.63, 3.8) is 0 Å². The number of hydrogen-bond acceptors (Lipinski definition) is 5. The SMILES string of the molecule is NC(c1ccco1)[C@H](C(=O)O)C(=O)OCC1c2ccccc2-c2ccccc21. The molecule has 1 heterocycles. The van der Waals surface area contributed by atoms with E-state index in [1.807, 2.05) is 48.5 Å². The van der Waals surface area contributed by atoms with E-state index in [2.05, 4.69) is 0 Å². The number of carbonyl (C=O) groups is 2. The highest BCUT2D eigenvalue weighted by atomic mass is 16.5. The van der Waals surface area contributed by atoms with Crippen molar-refractivity contribution < 1.29 is 23.8 Å². The minimum absolute atomic E-state index is 0.0432. The van der Waals surface area contributed by atoms with Gasteiger partial charge in [-0.25, -0.2) is 0 Å². The van der Waals surface area contributed by atoms with Gasteiger partial charge in [-0.3, -0.25) is 9.59 Å². The Morgan fingerprint density at radius 2 is 1.61 bits per heavy atom. The van der Waals surface area contributed by atoms with Crippen molar-refractivity contribution in [1.29, 1.82) is 0 Å². The number of esters is 1. The maximum Gasteiger partial charge on any atom is 0.322 e. The summed E-state index contributed by atoms with van der Waals surface area (Å²) in [6.07, 6.45) is 1.38. The zero-order chi connectivity index (χ0) is 19.7. The van der Waals surface area contributed by atoms with Crippen LogP contribution in [0.15, 0.2) is 71.3 Å². The van der Waals surface area contributed by atoms with E-state index < -0.39 is 23.9 Å². The standard InChI is InChI=1S/C22H19NO5/c23-20(18-10-5-11-27-18)19(21(24)25)22(26)28-12-17-15-8-3-1-6-13(15)14-7-2-4-9-16(14)17/h1-11,17,19-20H,12,23H2,(H,24,25)/t19-,20?/m1/s1. The third-order valence-electron chi connectivity index (χ3n) is 5.11. The summed E-state index contributed by atoms with van der Waals surface area (Å²) in [6, 6.07) is 17.9. The van der Waals surface area contributed by atoms with E-state index in [-0.39, 0.29) is 18.3 Å². The van der Waals surface area contributed by atoms with E-state index in [1.54, 1.807) is 6.07 Å². The number of benzene rings is 2. The summed E-state index contributed by atoms with van der Waals surface area (Å²) in [5.74, 6) is -3.69. The van der Waals surface area contributed by atoms with Crippen LogP contribution in [0.4, 0.5) is 0 Å². The summed E-state index contributed by atoms with van der Waals surface area (Å²) >= 11 is 0. The third-order valence-corrected chi connectivity index (χ3v) is 5.11. The maximum absolute atomic E-state index is 12.6. The Labute approximate surface area is 161 Å². The molecule has 1 aromatic heterocycles. The molecule has 3 N–H and O–H groups in total.